The molecule has 1 N–H and O–H groups in total. The van der Waals surface area contributed by atoms with Crippen LogP contribution in [0.25, 0.3) is 27.8 Å². The summed E-state index contributed by atoms with van der Waals surface area (Å²) in [6, 6.07) is 17.8. The second kappa shape index (κ2) is 7.85. The summed E-state index contributed by atoms with van der Waals surface area (Å²) in [7, 11) is 0. The zero-order valence-corrected chi connectivity index (χ0v) is 18.7. The highest BCUT2D eigenvalue weighted by atomic mass is 35.5. The van der Waals surface area contributed by atoms with Crippen LogP contribution in [0.5, 0.6) is 0 Å². The Bertz CT molecular complexity index is 1470. The van der Waals surface area contributed by atoms with E-state index in [-0.39, 0.29) is 22.9 Å². The predicted octanol–water partition coefficient (Wildman–Crippen LogP) is 5.48. The van der Waals surface area contributed by atoms with Crippen LogP contribution in [0.1, 0.15) is 47.5 Å². The maximum atomic E-state index is 13.0. The molecule has 5 nitrogen and oxygen atoms in total. The van der Waals surface area contributed by atoms with Crippen LogP contribution in [0.2, 0.25) is 5.02 Å². The van der Waals surface area contributed by atoms with E-state index in [4.69, 9.17) is 11.6 Å². The van der Waals surface area contributed by atoms with Gasteiger partial charge in [-0.15, -0.1) is 0 Å². The molecule has 0 spiro atoms. The van der Waals surface area contributed by atoms with Crippen LogP contribution in [-0.4, -0.2) is 21.5 Å². The van der Waals surface area contributed by atoms with Crippen molar-refractivity contribution < 1.29 is 4.79 Å². The first-order valence-electron chi connectivity index (χ1n) is 11.3. The molecular formula is C27H22ClN3O2. The van der Waals surface area contributed by atoms with E-state index in [0.29, 0.717) is 17.0 Å². The average Bonchev–Trinajstić information content (AvgIpc) is 3.75. The van der Waals surface area contributed by atoms with E-state index >= 15 is 0 Å². The fourth-order valence-electron chi connectivity index (χ4n) is 4.28. The molecule has 0 saturated heterocycles. The van der Waals surface area contributed by atoms with Crippen LogP contribution >= 0.6 is 11.6 Å². The first-order valence-corrected chi connectivity index (χ1v) is 11.7. The topological polar surface area (TPSA) is 64.0 Å². The largest absolute Gasteiger partial charge is 0.349 e. The van der Waals surface area contributed by atoms with Crippen molar-refractivity contribution in [1.82, 2.24) is 14.9 Å². The summed E-state index contributed by atoms with van der Waals surface area (Å²) in [5, 5.41) is 4.15. The van der Waals surface area contributed by atoms with Gasteiger partial charge in [0.15, 0.2) is 0 Å². The molecular weight excluding hydrogens is 434 g/mol. The number of carbonyl (C=O) groups is 1. The molecule has 2 heterocycles. The fraction of sp³-hybridized carbons (Fsp3) is 0.222. The minimum atomic E-state index is -0.333. The zero-order valence-electron chi connectivity index (χ0n) is 17.9. The minimum Gasteiger partial charge on any atom is -0.349 e. The number of nitrogens with one attached hydrogen (secondary N) is 1. The maximum Gasteiger partial charge on any atom is 0.257 e. The molecule has 2 fully saturated rings. The summed E-state index contributed by atoms with van der Waals surface area (Å²) in [5.41, 5.74) is 4.41. The molecule has 164 valence electrons. The van der Waals surface area contributed by atoms with Crippen molar-refractivity contribution in [3.05, 3.63) is 93.4 Å². The molecule has 4 aromatic rings. The van der Waals surface area contributed by atoms with Gasteiger partial charge in [-0.3, -0.25) is 9.59 Å². The third-order valence-electron chi connectivity index (χ3n) is 6.39. The van der Waals surface area contributed by atoms with E-state index in [0.717, 1.165) is 34.7 Å². The van der Waals surface area contributed by atoms with Gasteiger partial charge in [0.25, 0.3) is 5.91 Å². The number of nitrogens with zero attached hydrogens (tertiary/aromatic N) is 2. The predicted molar refractivity (Wildman–Crippen MR) is 130 cm³/mol. The lowest BCUT2D eigenvalue weighted by atomic mass is 10.0. The Kier molecular flexibility index (Phi) is 4.80. The third-order valence-corrected chi connectivity index (χ3v) is 6.72. The van der Waals surface area contributed by atoms with Crippen LogP contribution in [0, 0.1) is 0 Å². The summed E-state index contributed by atoms with van der Waals surface area (Å²) >= 11 is 6.57. The van der Waals surface area contributed by atoms with Crippen molar-refractivity contribution in [2.75, 3.05) is 0 Å². The Labute approximate surface area is 196 Å². The standard InChI is InChI=1S/C27H22ClN3O2/c28-24-14-18(8-11-21(24)16-6-7-16)17-3-1-4-20(13-17)31-15-23(27(33)30-19-9-10-19)25(32)22-5-2-12-29-26(22)31/h1-5,8,11-16,19H,6-7,9-10H2,(H,30,33). The molecule has 2 aliphatic rings. The molecule has 6 rings (SSSR count). The molecule has 2 aromatic carbocycles. The van der Waals surface area contributed by atoms with Gasteiger partial charge in [0, 0.05) is 29.1 Å². The monoisotopic (exact) mass is 455 g/mol. The molecule has 0 bridgehead atoms. The number of fused-ring (bicyclic) bond motifs is 1. The van der Waals surface area contributed by atoms with Crippen molar-refractivity contribution in [2.45, 2.75) is 37.6 Å². The second-order valence-corrected chi connectivity index (χ2v) is 9.33. The van der Waals surface area contributed by atoms with Crippen LogP contribution in [-0.2, 0) is 0 Å². The highest BCUT2D eigenvalue weighted by Gasteiger charge is 2.27. The normalized spacial score (nSPS) is 15.5. The van der Waals surface area contributed by atoms with E-state index in [1.54, 1.807) is 24.5 Å². The van der Waals surface area contributed by atoms with E-state index in [1.807, 2.05) is 34.9 Å². The van der Waals surface area contributed by atoms with Gasteiger partial charge in [-0.2, -0.15) is 0 Å². The number of amides is 1. The van der Waals surface area contributed by atoms with Crippen LogP contribution in [0.15, 0.2) is 71.8 Å². The number of hydrogen-bond acceptors (Lipinski definition) is 3. The molecule has 2 aromatic heterocycles. The first kappa shape index (κ1) is 20.2. The highest BCUT2D eigenvalue weighted by Crippen LogP contribution is 2.44. The zero-order chi connectivity index (χ0) is 22.5. The van der Waals surface area contributed by atoms with E-state index in [9.17, 15) is 9.59 Å². The summed E-state index contributed by atoms with van der Waals surface area (Å²) in [4.78, 5) is 30.3. The van der Waals surface area contributed by atoms with Crippen molar-refractivity contribution >= 4 is 28.5 Å². The number of hydrogen-bond donors (Lipinski definition) is 1. The molecule has 0 atom stereocenters. The van der Waals surface area contributed by atoms with Gasteiger partial charge >= 0.3 is 0 Å². The molecule has 2 aliphatic carbocycles. The van der Waals surface area contributed by atoms with Gasteiger partial charge in [-0.1, -0.05) is 35.9 Å². The number of rotatable bonds is 5. The summed E-state index contributed by atoms with van der Waals surface area (Å²) in [5.74, 6) is 0.261. The summed E-state index contributed by atoms with van der Waals surface area (Å²) in [6.07, 6.45) is 7.59. The lowest BCUT2D eigenvalue weighted by Crippen LogP contribution is -2.31. The van der Waals surface area contributed by atoms with Gasteiger partial charge < -0.3 is 9.88 Å². The lowest BCUT2D eigenvalue weighted by molar-refractivity contribution is 0.0949. The van der Waals surface area contributed by atoms with Crippen LogP contribution in [0.4, 0.5) is 0 Å². The van der Waals surface area contributed by atoms with E-state index in [1.165, 1.54) is 18.4 Å². The molecule has 2 saturated carbocycles. The summed E-state index contributed by atoms with van der Waals surface area (Å²) < 4.78 is 1.82. The third kappa shape index (κ3) is 3.83. The van der Waals surface area contributed by atoms with E-state index < -0.39 is 0 Å². The smallest absolute Gasteiger partial charge is 0.257 e. The molecule has 0 aliphatic heterocycles. The molecule has 0 radical (unpaired) electrons. The first-order chi connectivity index (χ1) is 16.1. The number of carbonyl (C=O) groups excluding carboxylic acids is 1. The number of halogens is 1. The molecule has 6 heteroatoms. The van der Waals surface area contributed by atoms with E-state index in [2.05, 4.69) is 22.4 Å². The van der Waals surface area contributed by atoms with Crippen LogP contribution < -0.4 is 10.7 Å². The molecule has 1 amide bonds. The van der Waals surface area contributed by atoms with Crippen molar-refractivity contribution in [1.29, 1.82) is 0 Å². The van der Waals surface area contributed by atoms with Gasteiger partial charge in [0.05, 0.1) is 5.39 Å². The Hall–Kier alpha value is -3.44. The van der Waals surface area contributed by atoms with Gasteiger partial charge in [0.1, 0.15) is 11.2 Å². The highest BCUT2D eigenvalue weighted by molar-refractivity contribution is 6.31. The molecule has 0 unspecified atom stereocenters. The van der Waals surface area contributed by atoms with Gasteiger partial charge in [-0.05, 0) is 78.6 Å². The maximum absolute atomic E-state index is 13.0. The lowest BCUT2D eigenvalue weighted by Gasteiger charge is -2.14. The second-order valence-electron chi connectivity index (χ2n) is 8.93. The summed E-state index contributed by atoms with van der Waals surface area (Å²) in [6.45, 7) is 0. The van der Waals surface area contributed by atoms with Crippen molar-refractivity contribution in [3.63, 3.8) is 0 Å². The fourth-order valence-corrected chi connectivity index (χ4v) is 4.61. The molecule has 33 heavy (non-hydrogen) atoms. The SMILES string of the molecule is O=C(NC1CC1)c1cn(-c2cccc(-c3ccc(C4CC4)c(Cl)c3)c2)c2ncccc2c1=O. The Morgan fingerprint density at radius 2 is 1.82 bits per heavy atom. The number of pyridine rings is 2. The van der Waals surface area contributed by atoms with Gasteiger partial charge in [-0.25, -0.2) is 4.98 Å². The number of benzene rings is 2. The quantitative estimate of drug-likeness (QED) is 0.433. The minimum absolute atomic E-state index is 0.129. The Balaban J connectivity index is 1.46. The van der Waals surface area contributed by atoms with Crippen molar-refractivity contribution in [3.8, 4) is 16.8 Å². The Morgan fingerprint density at radius 1 is 1.00 bits per heavy atom. The average molecular weight is 456 g/mol. The van der Waals surface area contributed by atoms with Crippen LogP contribution in [0.3, 0.4) is 0 Å². The van der Waals surface area contributed by atoms with Crippen molar-refractivity contribution in [2.24, 2.45) is 0 Å². The van der Waals surface area contributed by atoms with Gasteiger partial charge in [0.2, 0.25) is 5.43 Å². The number of aromatic nitrogens is 2. The Morgan fingerprint density at radius 3 is 2.58 bits per heavy atom.